The second-order valence-corrected chi connectivity index (χ2v) is 5.01. The summed E-state index contributed by atoms with van der Waals surface area (Å²) in [6.07, 6.45) is -4.57. The van der Waals surface area contributed by atoms with Crippen molar-refractivity contribution in [2.75, 3.05) is 0 Å². The van der Waals surface area contributed by atoms with Crippen LogP contribution in [0.5, 0.6) is 0 Å². The lowest BCUT2D eigenvalue weighted by molar-refractivity contribution is -0.141. The smallest absolute Gasteiger partial charge is 0.326 e. The first-order chi connectivity index (χ1) is 9.74. The summed E-state index contributed by atoms with van der Waals surface area (Å²) in [6, 6.07) is 5.10. The Balaban J connectivity index is 2.60. The lowest BCUT2D eigenvalue weighted by Crippen LogP contribution is -2.09. The maximum absolute atomic E-state index is 14.1. The van der Waals surface area contributed by atoms with Crippen LogP contribution in [0.4, 0.5) is 17.6 Å². The highest BCUT2D eigenvalue weighted by molar-refractivity contribution is 5.38. The van der Waals surface area contributed by atoms with E-state index in [9.17, 15) is 17.6 Å². The topological polar surface area (TPSA) is 43.8 Å². The van der Waals surface area contributed by atoms with E-state index < -0.39 is 17.7 Å². The molecule has 0 atom stereocenters. The highest BCUT2D eigenvalue weighted by Crippen LogP contribution is 2.32. The molecule has 0 unspecified atom stereocenters. The number of alkyl halides is 3. The van der Waals surface area contributed by atoms with Gasteiger partial charge in [-0.3, -0.25) is 0 Å². The fourth-order valence-electron chi connectivity index (χ4n) is 1.99. The van der Waals surface area contributed by atoms with Crippen LogP contribution in [0.25, 0.3) is 5.69 Å². The molecule has 2 aromatic rings. The molecule has 1 heterocycles. The fraction of sp³-hybridized carbons (Fsp3) is 0.357. The third kappa shape index (κ3) is 3.07. The number of benzene rings is 1. The first kappa shape index (κ1) is 15.5. The predicted octanol–water partition coefficient (Wildman–Crippen LogP) is 3.61. The number of nitrogens with two attached hydrogens (primary N) is 1. The summed E-state index contributed by atoms with van der Waals surface area (Å²) in [5.41, 5.74) is 5.21. The van der Waals surface area contributed by atoms with Crippen molar-refractivity contribution in [3.8, 4) is 5.69 Å². The zero-order chi connectivity index (χ0) is 15.8. The van der Waals surface area contributed by atoms with Crippen molar-refractivity contribution < 1.29 is 17.6 Å². The van der Waals surface area contributed by atoms with Crippen LogP contribution in [0.1, 0.15) is 36.7 Å². The van der Waals surface area contributed by atoms with Crippen LogP contribution < -0.4 is 5.73 Å². The molecule has 1 aromatic carbocycles. The fourth-order valence-corrected chi connectivity index (χ4v) is 1.99. The minimum Gasteiger partial charge on any atom is -0.326 e. The van der Waals surface area contributed by atoms with Crippen LogP contribution in [-0.2, 0) is 12.7 Å². The van der Waals surface area contributed by atoms with Gasteiger partial charge in [0.25, 0.3) is 0 Å². The van der Waals surface area contributed by atoms with E-state index in [-0.39, 0.29) is 18.2 Å². The molecule has 2 rings (SSSR count). The van der Waals surface area contributed by atoms with Crippen LogP contribution in [0.2, 0.25) is 0 Å². The van der Waals surface area contributed by atoms with Gasteiger partial charge in [-0.1, -0.05) is 19.9 Å². The molecule has 0 aliphatic rings. The Hall–Kier alpha value is -1.89. The maximum atomic E-state index is 14.1. The van der Waals surface area contributed by atoms with Crippen LogP contribution in [-0.4, -0.2) is 9.78 Å². The molecular weight excluding hydrogens is 286 g/mol. The van der Waals surface area contributed by atoms with Gasteiger partial charge in [-0.2, -0.15) is 18.3 Å². The second kappa shape index (κ2) is 5.48. The summed E-state index contributed by atoms with van der Waals surface area (Å²) in [5.74, 6) is -0.890. The third-order valence-electron chi connectivity index (χ3n) is 3.09. The van der Waals surface area contributed by atoms with Crippen molar-refractivity contribution in [3.63, 3.8) is 0 Å². The minimum absolute atomic E-state index is 0.0219. The molecular formula is C14H15F4N3. The van der Waals surface area contributed by atoms with E-state index in [1.807, 2.05) is 0 Å². The molecule has 0 aliphatic carbocycles. The molecule has 0 radical (unpaired) electrons. The molecule has 0 bridgehead atoms. The summed E-state index contributed by atoms with van der Waals surface area (Å²) >= 11 is 0. The second-order valence-electron chi connectivity index (χ2n) is 5.01. The van der Waals surface area contributed by atoms with Crippen molar-refractivity contribution in [2.45, 2.75) is 32.5 Å². The predicted molar refractivity (Wildman–Crippen MR) is 70.5 cm³/mol. The van der Waals surface area contributed by atoms with Gasteiger partial charge in [0.2, 0.25) is 0 Å². The molecule has 2 N–H and O–H groups in total. The molecule has 21 heavy (non-hydrogen) atoms. The molecule has 0 aliphatic heterocycles. The standard InChI is InChI=1S/C14H15F4N3/c1-8(2)12-6-13(14(16,17)18)20-21(12)11-4-3-9(7-19)5-10(11)15/h3-6,8H,7,19H2,1-2H3. The molecule has 0 saturated heterocycles. The third-order valence-corrected chi connectivity index (χ3v) is 3.09. The van der Waals surface area contributed by atoms with Crippen molar-refractivity contribution >= 4 is 0 Å². The van der Waals surface area contributed by atoms with Crippen molar-refractivity contribution in [1.29, 1.82) is 0 Å². The number of halogens is 4. The summed E-state index contributed by atoms with van der Waals surface area (Å²) in [7, 11) is 0. The Morgan fingerprint density at radius 2 is 1.90 bits per heavy atom. The van der Waals surface area contributed by atoms with E-state index in [1.165, 1.54) is 12.1 Å². The zero-order valence-electron chi connectivity index (χ0n) is 11.6. The Labute approximate surface area is 119 Å². The molecule has 3 nitrogen and oxygen atoms in total. The Morgan fingerprint density at radius 1 is 1.24 bits per heavy atom. The van der Waals surface area contributed by atoms with Crippen molar-refractivity contribution in [3.05, 3.63) is 47.0 Å². The Bertz CT molecular complexity index is 644. The van der Waals surface area contributed by atoms with Gasteiger partial charge in [-0.15, -0.1) is 0 Å². The lowest BCUT2D eigenvalue weighted by atomic mass is 10.1. The van der Waals surface area contributed by atoms with Crippen molar-refractivity contribution in [1.82, 2.24) is 9.78 Å². The number of nitrogens with zero attached hydrogens (tertiary/aromatic N) is 2. The van der Waals surface area contributed by atoms with Gasteiger partial charge >= 0.3 is 6.18 Å². The van der Waals surface area contributed by atoms with Gasteiger partial charge in [0.15, 0.2) is 5.69 Å². The zero-order valence-corrected chi connectivity index (χ0v) is 11.6. The summed E-state index contributed by atoms with van der Waals surface area (Å²) in [5, 5.41) is 3.51. The molecule has 7 heteroatoms. The van der Waals surface area contributed by atoms with Crippen LogP contribution in [0.3, 0.4) is 0 Å². The van der Waals surface area contributed by atoms with Gasteiger partial charge in [0, 0.05) is 12.2 Å². The molecule has 0 amide bonds. The highest BCUT2D eigenvalue weighted by Gasteiger charge is 2.35. The molecule has 1 aromatic heterocycles. The highest BCUT2D eigenvalue weighted by atomic mass is 19.4. The van der Waals surface area contributed by atoms with Gasteiger partial charge in [0.1, 0.15) is 11.5 Å². The average molecular weight is 301 g/mol. The first-order valence-corrected chi connectivity index (χ1v) is 6.40. The maximum Gasteiger partial charge on any atom is 0.435 e. The number of hydrogen-bond donors (Lipinski definition) is 1. The van der Waals surface area contributed by atoms with Gasteiger partial charge < -0.3 is 5.73 Å². The number of aromatic nitrogens is 2. The van der Waals surface area contributed by atoms with E-state index >= 15 is 0 Å². The Morgan fingerprint density at radius 3 is 2.38 bits per heavy atom. The largest absolute Gasteiger partial charge is 0.435 e. The summed E-state index contributed by atoms with van der Waals surface area (Å²) in [4.78, 5) is 0. The molecule has 114 valence electrons. The quantitative estimate of drug-likeness (QED) is 0.880. The monoisotopic (exact) mass is 301 g/mol. The lowest BCUT2D eigenvalue weighted by Gasteiger charge is -2.11. The minimum atomic E-state index is -4.57. The van der Waals surface area contributed by atoms with Gasteiger partial charge in [-0.25, -0.2) is 9.07 Å². The van der Waals surface area contributed by atoms with E-state index in [2.05, 4.69) is 5.10 Å². The molecule has 0 saturated carbocycles. The van der Waals surface area contributed by atoms with E-state index in [4.69, 9.17) is 5.73 Å². The Kier molecular flexibility index (Phi) is 4.04. The van der Waals surface area contributed by atoms with E-state index in [0.717, 1.165) is 10.7 Å². The summed E-state index contributed by atoms with van der Waals surface area (Å²) < 4.78 is 53.5. The molecule has 0 fully saturated rings. The van der Waals surface area contributed by atoms with Gasteiger partial charge in [-0.05, 0) is 29.7 Å². The van der Waals surface area contributed by atoms with Gasteiger partial charge in [0.05, 0.1) is 0 Å². The van der Waals surface area contributed by atoms with E-state index in [1.54, 1.807) is 19.9 Å². The van der Waals surface area contributed by atoms with Crippen LogP contribution >= 0.6 is 0 Å². The first-order valence-electron chi connectivity index (χ1n) is 6.40. The van der Waals surface area contributed by atoms with E-state index in [0.29, 0.717) is 11.3 Å². The van der Waals surface area contributed by atoms with Crippen LogP contribution in [0.15, 0.2) is 24.3 Å². The average Bonchev–Trinajstić information content (AvgIpc) is 2.83. The number of rotatable bonds is 3. The molecule has 0 spiro atoms. The van der Waals surface area contributed by atoms with Crippen LogP contribution in [0, 0.1) is 5.82 Å². The van der Waals surface area contributed by atoms with Crippen molar-refractivity contribution in [2.24, 2.45) is 5.73 Å². The number of hydrogen-bond acceptors (Lipinski definition) is 2. The summed E-state index contributed by atoms with van der Waals surface area (Å²) in [6.45, 7) is 3.60. The normalized spacial score (nSPS) is 12.2. The SMILES string of the molecule is CC(C)c1cc(C(F)(F)F)nn1-c1ccc(CN)cc1F.